The van der Waals surface area contributed by atoms with E-state index in [1.165, 1.54) is 11.3 Å². The summed E-state index contributed by atoms with van der Waals surface area (Å²) in [6.07, 6.45) is 0. The van der Waals surface area contributed by atoms with Crippen LogP contribution in [0.25, 0.3) is 4.96 Å². The lowest BCUT2D eigenvalue weighted by Crippen LogP contribution is -2.14. The van der Waals surface area contributed by atoms with Gasteiger partial charge in [0, 0.05) is 33.4 Å². The molecule has 2 heterocycles. The van der Waals surface area contributed by atoms with Crippen LogP contribution in [-0.2, 0) is 5.75 Å². The van der Waals surface area contributed by atoms with Gasteiger partial charge in [0.05, 0.1) is 11.4 Å². The van der Waals surface area contributed by atoms with Crippen molar-refractivity contribution in [3.63, 3.8) is 0 Å². The van der Waals surface area contributed by atoms with Crippen LogP contribution in [0.2, 0.25) is 0 Å². The van der Waals surface area contributed by atoms with Crippen molar-refractivity contribution in [2.75, 3.05) is 5.32 Å². The highest BCUT2D eigenvalue weighted by Gasteiger charge is 2.11. The number of para-hydroxylation sites is 1. The Morgan fingerprint density at radius 1 is 1.14 bits per heavy atom. The molecule has 5 nitrogen and oxygen atoms in total. The number of aryl methyl sites for hydroxylation is 2. The number of thioether (sulfide) groups is 1. The van der Waals surface area contributed by atoms with Crippen LogP contribution >= 0.6 is 23.1 Å². The molecule has 146 valence electrons. The molecule has 2 aromatic heterocycles. The molecular formula is C22H19N3O2S2. The van der Waals surface area contributed by atoms with Crippen LogP contribution in [-0.4, -0.2) is 15.3 Å². The molecule has 0 fully saturated rings. The number of hydrogen-bond donors (Lipinski definition) is 1. The van der Waals surface area contributed by atoms with E-state index < -0.39 is 0 Å². The normalized spacial score (nSPS) is 11.0. The fourth-order valence-corrected chi connectivity index (χ4v) is 4.71. The maximum absolute atomic E-state index is 12.6. The standard InChI is InChI=1S/C22H19N3O2S2/c1-14-7-9-16(10-8-14)21(27)24-18-5-3-4-6-19(18)28-13-17-11-20(26)25-15(2)12-29-22(25)23-17/h3-12H,13H2,1-2H3,(H,24,27). The molecule has 1 N–H and O–H groups in total. The molecule has 29 heavy (non-hydrogen) atoms. The third-order valence-electron chi connectivity index (χ3n) is 4.45. The summed E-state index contributed by atoms with van der Waals surface area (Å²) in [5, 5.41) is 4.91. The van der Waals surface area contributed by atoms with E-state index in [9.17, 15) is 9.59 Å². The third kappa shape index (κ3) is 4.26. The molecule has 0 saturated carbocycles. The van der Waals surface area contributed by atoms with Crippen LogP contribution in [0.15, 0.2) is 69.7 Å². The van der Waals surface area contributed by atoms with Gasteiger partial charge in [-0.25, -0.2) is 4.98 Å². The Morgan fingerprint density at radius 3 is 2.69 bits per heavy atom. The van der Waals surface area contributed by atoms with Crippen LogP contribution in [0.1, 0.15) is 27.3 Å². The van der Waals surface area contributed by atoms with Crippen LogP contribution in [0.5, 0.6) is 0 Å². The molecular weight excluding hydrogens is 402 g/mol. The van der Waals surface area contributed by atoms with Gasteiger partial charge in [-0.05, 0) is 38.1 Å². The molecule has 0 spiro atoms. The van der Waals surface area contributed by atoms with E-state index in [4.69, 9.17) is 0 Å². The van der Waals surface area contributed by atoms with Gasteiger partial charge in [0.15, 0.2) is 4.96 Å². The molecule has 7 heteroatoms. The van der Waals surface area contributed by atoms with Crippen molar-refractivity contribution < 1.29 is 4.79 Å². The number of carbonyl (C=O) groups is 1. The second-order valence-corrected chi connectivity index (χ2v) is 8.54. The lowest BCUT2D eigenvalue weighted by atomic mass is 10.1. The number of fused-ring (bicyclic) bond motifs is 1. The number of nitrogens with zero attached hydrogens (tertiary/aromatic N) is 2. The Balaban J connectivity index is 1.52. The number of benzene rings is 2. The van der Waals surface area contributed by atoms with Gasteiger partial charge < -0.3 is 5.32 Å². The summed E-state index contributed by atoms with van der Waals surface area (Å²) in [6.45, 7) is 3.89. The van der Waals surface area contributed by atoms with Crippen molar-refractivity contribution in [2.24, 2.45) is 0 Å². The van der Waals surface area contributed by atoms with Crippen LogP contribution in [0.3, 0.4) is 0 Å². The number of amides is 1. The molecule has 0 aliphatic heterocycles. The maximum atomic E-state index is 12.6. The van der Waals surface area contributed by atoms with Gasteiger partial charge in [-0.2, -0.15) is 0 Å². The highest BCUT2D eigenvalue weighted by atomic mass is 32.2. The average Bonchev–Trinajstić information content (AvgIpc) is 3.09. The van der Waals surface area contributed by atoms with Gasteiger partial charge in [0.2, 0.25) is 0 Å². The first kappa shape index (κ1) is 19.4. The molecule has 4 rings (SSSR count). The molecule has 0 saturated heterocycles. The number of hydrogen-bond acceptors (Lipinski definition) is 5. The van der Waals surface area contributed by atoms with E-state index in [0.717, 1.165) is 27.5 Å². The average molecular weight is 422 g/mol. The maximum Gasteiger partial charge on any atom is 0.258 e. The van der Waals surface area contributed by atoms with E-state index in [1.807, 2.05) is 67.8 Å². The Bertz CT molecular complexity index is 1240. The van der Waals surface area contributed by atoms with E-state index in [0.29, 0.717) is 16.3 Å². The second kappa shape index (κ2) is 8.23. The van der Waals surface area contributed by atoms with Crippen molar-refractivity contribution in [2.45, 2.75) is 24.5 Å². The first-order valence-corrected chi connectivity index (χ1v) is 10.9. The topological polar surface area (TPSA) is 63.5 Å². The summed E-state index contributed by atoms with van der Waals surface area (Å²) in [6, 6.07) is 16.7. The van der Waals surface area contributed by atoms with E-state index in [-0.39, 0.29) is 11.5 Å². The Morgan fingerprint density at radius 2 is 1.90 bits per heavy atom. The SMILES string of the molecule is Cc1ccc(C(=O)Nc2ccccc2SCc2cc(=O)n3c(C)csc3n2)cc1. The van der Waals surface area contributed by atoms with E-state index in [2.05, 4.69) is 10.3 Å². The van der Waals surface area contributed by atoms with E-state index in [1.54, 1.807) is 22.2 Å². The zero-order chi connectivity index (χ0) is 20.4. The van der Waals surface area contributed by atoms with E-state index >= 15 is 0 Å². The van der Waals surface area contributed by atoms with Crippen LogP contribution in [0, 0.1) is 13.8 Å². The third-order valence-corrected chi connectivity index (χ3v) is 6.50. The van der Waals surface area contributed by atoms with Crippen molar-refractivity contribution in [3.05, 3.63) is 92.8 Å². The Kier molecular flexibility index (Phi) is 5.51. The van der Waals surface area contributed by atoms with Crippen LogP contribution < -0.4 is 10.9 Å². The number of rotatable bonds is 5. The van der Waals surface area contributed by atoms with Crippen molar-refractivity contribution in [3.8, 4) is 0 Å². The van der Waals surface area contributed by atoms with Crippen molar-refractivity contribution >= 4 is 39.7 Å². The largest absolute Gasteiger partial charge is 0.321 e. The molecule has 2 aromatic carbocycles. The summed E-state index contributed by atoms with van der Waals surface area (Å²) in [4.78, 5) is 31.1. The lowest BCUT2D eigenvalue weighted by Gasteiger charge is -2.11. The lowest BCUT2D eigenvalue weighted by molar-refractivity contribution is 0.102. The summed E-state index contributed by atoms with van der Waals surface area (Å²) in [5.41, 5.74) is 4.02. The predicted octanol–water partition coefficient (Wildman–Crippen LogP) is 4.92. The zero-order valence-corrected chi connectivity index (χ0v) is 17.6. The zero-order valence-electron chi connectivity index (χ0n) is 16.0. The quantitative estimate of drug-likeness (QED) is 0.465. The molecule has 0 radical (unpaired) electrons. The number of carbonyl (C=O) groups excluding carboxylic acids is 1. The summed E-state index contributed by atoms with van der Waals surface area (Å²) >= 11 is 3.00. The predicted molar refractivity (Wildman–Crippen MR) is 119 cm³/mol. The highest BCUT2D eigenvalue weighted by molar-refractivity contribution is 7.98. The molecule has 0 atom stereocenters. The fraction of sp³-hybridized carbons (Fsp3) is 0.136. The highest BCUT2D eigenvalue weighted by Crippen LogP contribution is 2.30. The molecule has 0 aliphatic rings. The van der Waals surface area contributed by atoms with Gasteiger partial charge in [-0.15, -0.1) is 23.1 Å². The monoisotopic (exact) mass is 421 g/mol. The fourth-order valence-electron chi connectivity index (χ4n) is 2.92. The van der Waals surface area contributed by atoms with Gasteiger partial charge in [0.1, 0.15) is 0 Å². The summed E-state index contributed by atoms with van der Waals surface area (Å²) in [5.74, 6) is 0.394. The van der Waals surface area contributed by atoms with Gasteiger partial charge in [0.25, 0.3) is 11.5 Å². The summed E-state index contributed by atoms with van der Waals surface area (Å²) in [7, 11) is 0. The number of aromatic nitrogens is 2. The van der Waals surface area contributed by atoms with Crippen molar-refractivity contribution in [1.29, 1.82) is 0 Å². The number of anilines is 1. The first-order valence-electron chi connectivity index (χ1n) is 9.08. The molecule has 0 aliphatic carbocycles. The molecule has 4 aromatic rings. The summed E-state index contributed by atoms with van der Waals surface area (Å²) < 4.78 is 1.62. The van der Waals surface area contributed by atoms with Gasteiger partial charge in [-0.1, -0.05) is 29.8 Å². The minimum absolute atomic E-state index is 0.0645. The van der Waals surface area contributed by atoms with Crippen LogP contribution in [0.4, 0.5) is 5.69 Å². The minimum atomic E-state index is -0.148. The Hall–Kier alpha value is -2.90. The molecule has 1 amide bonds. The molecule has 0 bridgehead atoms. The Labute approximate surface area is 176 Å². The minimum Gasteiger partial charge on any atom is -0.321 e. The van der Waals surface area contributed by atoms with Gasteiger partial charge in [-0.3, -0.25) is 14.0 Å². The van der Waals surface area contributed by atoms with Crippen molar-refractivity contribution in [1.82, 2.24) is 9.38 Å². The first-order chi connectivity index (χ1) is 14.0. The number of nitrogens with one attached hydrogen (secondary N) is 1. The number of thiazole rings is 1. The molecule has 0 unspecified atom stereocenters. The van der Waals surface area contributed by atoms with Gasteiger partial charge >= 0.3 is 0 Å². The smallest absolute Gasteiger partial charge is 0.258 e. The second-order valence-electron chi connectivity index (χ2n) is 6.69.